The van der Waals surface area contributed by atoms with Crippen LogP contribution in [0.25, 0.3) is 0 Å². The first-order valence-electron chi connectivity index (χ1n) is 7.05. The number of nitrogens with one attached hydrogen (secondary N) is 1. The standard InChI is InChI=1S/C15H24N2O2/c1-3-8-17(13-6-7-16-10-13)11-12-4-5-15(19-2)14(18)9-12/h4-5,9,13,16,18H,3,6-8,10-11H2,1-2H3. The largest absolute Gasteiger partial charge is 0.504 e. The first-order chi connectivity index (χ1) is 9.24. The third-order valence-electron chi connectivity index (χ3n) is 3.69. The van der Waals surface area contributed by atoms with Crippen LogP contribution in [0.15, 0.2) is 18.2 Å². The van der Waals surface area contributed by atoms with Gasteiger partial charge >= 0.3 is 0 Å². The molecular formula is C15H24N2O2. The monoisotopic (exact) mass is 264 g/mol. The molecule has 0 amide bonds. The maximum absolute atomic E-state index is 9.84. The number of benzene rings is 1. The summed E-state index contributed by atoms with van der Waals surface area (Å²) in [5, 5.41) is 13.3. The van der Waals surface area contributed by atoms with E-state index in [0.717, 1.165) is 38.2 Å². The van der Waals surface area contributed by atoms with E-state index in [1.54, 1.807) is 7.11 Å². The molecule has 0 aliphatic carbocycles. The summed E-state index contributed by atoms with van der Waals surface area (Å²) in [6, 6.07) is 6.29. The average Bonchev–Trinajstić information content (AvgIpc) is 2.92. The van der Waals surface area contributed by atoms with Crippen LogP contribution in [-0.2, 0) is 6.54 Å². The van der Waals surface area contributed by atoms with E-state index in [1.807, 2.05) is 18.2 Å². The first kappa shape index (κ1) is 14.2. The third kappa shape index (κ3) is 3.61. The molecule has 1 saturated heterocycles. The van der Waals surface area contributed by atoms with Crippen LogP contribution < -0.4 is 10.1 Å². The second-order valence-corrected chi connectivity index (χ2v) is 5.12. The minimum absolute atomic E-state index is 0.223. The predicted octanol–water partition coefficient (Wildman–Crippen LogP) is 1.97. The molecule has 4 nitrogen and oxygen atoms in total. The quantitative estimate of drug-likeness (QED) is 0.824. The highest BCUT2D eigenvalue weighted by Crippen LogP contribution is 2.27. The summed E-state index contributed by atoms with van der Waals surface area (Å²) in [7, 11) is 1.57. The van der Waals surface area contributed by atoms with Gasteiger partial charge in [0.25, 0.3) is 0 Å². The van der Waals surface area contributed by atoms with Gasteiger partial charge in [-0.1, -0.05) is 13.0 Å². The number of ether oxygens (including phenoxy) is 1. The summed E-state index contributed by atoms with van der Waals surface area (Å²) >= 11 is 0. The van der Waals surface area contributed by atoms with Crippen LogP contribution in [0, 0.1) is 0 Å². The van der Waals surface area contributed by atoms with Gasteiger partial charge in [0.15, 0.2) is 11.5 Å². The molecule has 1 heterocycles. The summed E-state index contributed by atoms with van der Waals surface area (Å²) in [4.78, 5) is 2.50. The fourth-order valence-corrected chi connectivity index (χ4v) is 2.70. The Balaban J connectivity index is 2.05. The van der Waals surface area contributed by atoms with E-state index >= 15 is 0 Å². The number of nitrogens with zero attached hydrogens (tertiary/aromatic N) is 1. The molecule has 0 bridgehead atoms. The summed E-state index contributed by atoms with van der Waals surface area (Å²) in [6.07, 6.45) is 2.36. The first-order valence-corrected chi connectivity index (χ1v) is 7.05. The van der Waals surface area contributed by atoms with Gasteiger partial charge < -0.3 is 15.2 Å². The summed E-state index contributed by atoms with van der Waals surface area (Å²) in [6.45, 7) is 6.37. The van der Waals surface area contributed by atoms with Gasteiger partial charge in [-0.2, -0.15) is 0 Å². The van der Waals surface area contributed by atoms with Crippen LogP contribution in [0.4, 0.5) is 0 Å². The zero-order valence-corrected chi connectivity index (χ0v) is 11.9. The zero-order chi connectivity index (χ0) is 13.7. The molecule has 0 saturated carbocycles. The molecule has 1 atom stereocenters. The van der Waals surface area contributed by atoms with Crippen molar-refractivity contribution in [1.82, 2.24) is 10.2 Å². The lowest BCUT2D eigenvalue weighted by atomic mass is 10.1. The fraction of sp³-hybridized carbons (Fsp3) is 0.600. The van der Waals surface area contributed by atoms with Crippen molar-refractivity contribution in [3.05, 3.63) is 23.8 Å². The van der Waals surface area contributed by atoms with E-state index in [-0.39, 0.29) is 5.75 Å². The van der Waals surface area contributed by atoms with Gasteiger partial charge in [-0.25, -0.2) is 0 Å². The van der Waals surface area contributed by atoms with E-state index in [2.05, 4.69) is 17.1 Å². The van der Waals surface area contributed by atoms with Gasteiger partial charge in [0.05, 0.1) is 7.11 Å². The van der Waals surface area contributed by atoms with Gasteiger partial charge in [-0.05, 0) is 43.6 Å². The number of aromatic hydroxyl groups is 1. The van der Waals surface area contributed by atoms with E-state index in [1.165, 1.54) is 6.42 Å². The number of phenols is 1. The van der Waals surface area contributed by atoms with Crippen LogP contribution in [-0.4, -0.2) is 42.8 Å². The highest BCUT2D eigenvalue weighted by Gasteiger charge is 2.21. The molecule has 0 spiro atoms. The Hall–Kier alpha value is -1.26. The summed E-state index contributed by atoms with van der Waals surface area (Å²) in [5.41, 5.74) is 1.14. The average molecular weight is 264 g/mol. The van der Waals surface area contributed by atoms with Crippen molar-refractivity contribution < 1.29 is 9.84 Å². The Morgan fingerprint density at radius 3 is 2.89 bits per heavy atom. The lowest BCUT2D eigenvalue weighted by Gasteiger charge is -2.28. The van der Waals surface area contributed by atoms with Crippen LogP contribution in [0.2, 0.25) is 0 Å². The Labute approximate surface area is 115 Å². The predicted molar refractivity (Wildman–Crippen MR) is 76.6 cm³/mol. The van der Waals surface area contributed by atoms with Gasteiger partial charge in [0, 0.05) is 19.1 Å². The van der Waals surface area contributed by atoms with Gasteiger partial charge in [-0.3, -0.25) is 4.90 Å². The van der Waals surface area contributed by atoms with E-state index in [0.29, 0.717) is 11.8 Å². The fourth-order valence-electron chi connectivity index (χ4n) is 2.70. The second-order valence-electron chi connectivity index (χ2n) is 5.12. The van der Waals surface area contributed by atoms with Crippen molar-refractivity contribution in [3.63, 3.8) is 0 Å². The molecule has 0 radical (unpaired) electrons. The molecule has 1 unspecified atom stereocenters. The third-order valence-corrected chi connectivity index (χ3v) is 3.69. The maximum Gasteiger partial charge on any atom is 0.160 e. The Bertz CT molecular complexity index is 403. The Morgan fingerprint density at radius 1 is 1.47 bits per heavy atom. The van der Waals surface area contributed by atoms with Crippen molar-refractivity contribution in [2.45, 2.75) is 32.4 Å². The SMILES string of the molecule is CCCN(Cc1ccc(OC)c(O)c1)C1CCNC1. The van der Waals surface area contributed by atoms with Crippen molar-refractivity contribution >= 4 is 0 Å². The van der Waals surface area contributed by atoms with Gasteiger partial charge in [0.1, 0.15) is 0 Å². The maximum atomic E-state index is 9.84. The minimum Gasteiger partial charge on any atom is -0.504 e. The van der Waals surface area contributed by atoms with Crippen molar-refractivity contribution in [2.24, 2.45) is 0 Å². The molecule has 1 fully saturated rings. The zero-order valence-electron chi connectivity index (χ0n) is 11.9. The van der Waals surface area contributed by atoms with E-state index in [4.69, 9.17) is 4.74 Å². The van der Waals surface area contributed by atoms with Crippen LogP contribution >= 0.6 is 0 Å². The topological polar surface area (TPSA) is 44.7 Å². The number of hydrogen-bond acceptors (Lipinski definition) is 4. The number of phenolic OH excluding ortho intramolecular Hbond substituents is 1. The lowest BCUT2D eigenvalue weighted by Crippen LogP contribution is -2.36. The number of hydrogen-bond donors (Lipinski definition) is 2. The van der Waals surface area contributed by atoms with Crippen molar-refractivity contribution in [2.75, 3.05) is 26.7 Å². The minimum atomic E-state index is 0.223. The van der Waals surface area contributed by atoms with Crippen LogP contribution in [0.1, 0.15) is 25.3 Å². The molecule has 2 N–H and O–H groups in total. The number of methoxy groups -OCH3 is 1. The van der Waals surface area contributed by atoms with Crippen molar-refractivity contribution in [3.8, 4) is 11.5 Å². The van der Waals surface area contributed by atoms with E-state index < -0.39 is 0 Å². The molecule has 1 aromatic carbocycles. The second kappa shape index (κ2) is 6.78. The summed E-state index contributed by atoms with van der Waals surface area (Å²) in [5.74, 6) is 0.759. The molecule has 4 heteroatoms. The molecule has 19 heavy (non-hydrogen) atoms. The molecule has 106 valence electrons. The van der Waals surface area contributed by atoms with Gasteiger partial charge in [-0.15, -0.1) is 0 Å². The van der Waals surface area contributed by atoms with Crippen molar-refractivity contribution in [1.29, 1.82) is 0 Å². The van der Waals surface area contributed by atoms with Crippen LogP contribution in [0.3, 0.4) is 0 Å². The molecule has 0 aromatic heterocycles. The van der Waals surface area contributed by atoms with Gasteiger partial charge in [0.2, 0.25) is 0 Å². The van der Waals surface area contributed by atoms with Crippen LogP contribution in [0.5, 0.6) is 11.5 Å². The molecule has 1 aliphatic rings. The summed E-state index contributed by atoms with van der Waals surface area (Å²) < 4.78 is 5.08. The lowest BCUT2D eigenvalue weighted by molar-refractivity contribution is 0.199. The molecule has 1 aromatic rings. The van der Waals surface area contributed by atoms with E-state index in [9.17, 15) is 5.11 Å². The highest BCUT2D eigenvalue weighted by molar-refractivity contribution is 5.41. The Morgan fingerprint density at radius 2 is 2.32 bits per heavy atom. The molecular weight excluding hydrogens is 240 g/mol. The molecule has 2 rings (SSSR count). The Kier molecular flexibility index (Phi) is 5.05. The normalized spacial score (nSPS) is 19.0. The number of rotatable bonds is 6. The highest BCUT2D eigenvalue weighted by atomic mass is 16.5. The molecule has 1 aliphatic heterocycles. The smallest absolute Gasteiger partial charge is 0.160 e.